The standard InChI is InChI=1S/C39H69N2/c1-3-5-7-9-11-13-15-17-19-21-23-25-30-34-39-40(36-37-41(39)38-32-28-27-29-33-38)35-31-26-24-22-20-18-16-14-12-10-8-6-4-2/h27-29,32-33,36-37H,3-26,30-31,34-35H2,1-2H3/q+1. The highest BCUT2D eigenvalue weighted by molar-refractivity contribution is 5.31. The van der Waals surface area contributed by atoms with Crippen LogP contribution in [-0.2, 0) is 13.0 Å². The van der Waals surface area contributed by atoms with E-state index in [1.807, 2.05) is 0 Å². The lowest BCUT2D eigenvalue weighted by molar-refractivity contribution is -0.704. The monoisotopic (exact) mass is 566 g/mol. The minimum atomic E-state index is 1.17. The van der Waals surface area contributed by atoms with E-state index in [1.54, 1.807) is 0 Å². The summed E-state index contributed by atoms with van der Waals surface area (Å²) >= 11 is 0. The maximum absolute atomic E-state index is 2.56. The summed E-state index contributed by atoms with van der Waals surface area (Å²) in [4.78, 5) is 0. The Bertz CT molecular complexity index is 808. The lowest BCUT2D eigenvalue weighted by Crippen LogP contribution is -2.37. The third-order valence-electron chi connectivity index (χ3n) is 9.05. The van der Waals surface area contributed by atoms with Crippen molar-refractivity contribution in [3.63, 3.8) is 0 Å². The van der Waals surface area contributed by atoms with Crippen molar-refractivity contribution in [2.45, 2.75) is 194 Å². The number of aromatic nitrogens is 2. The van der Waals surface area contributed by atoms with Crippen LogP contribution >= 0.6 is 0 Å². The smallest absolute Gasteiger partial charge is 0.234 e. The zero-order chi connectivity index (χ0) is 29.1. The molecule has 0 radical (unpaired) electrons. The number of hydrogen-bond donors (Lipinski definition) is 0. The van der Waals surface area contributed by atoms with Crippen LogP contribution in [0.1, 0.15) is 187 Å². The van der Waals surface area contributed by atoms with Crippen molar-refractivity contribution in [2.24, 2.45) is 0 Å². The maximum atomic E-state index is 2.56. The van der Waals surface area contributed by atoms with Gasteiger partial charge in [-0.3, -0.25) is 0 Å². The Kier molecular flexibility index (Phi) is 22.7. The van der Waals surface area contributed by atoms with Crippen LogP contribution in [0.4, 0.5) is 0 Å². The minimum absolute atomic E-state index is 1.17. The first-order valence-electron chi connectivity index (χ1n) is 18.5. The number of hydrogen-bond acceptors (Lipinski definition) is 0. The molecule has 0 bridgehead atoms. The van der Waals surface area contributed by atoms with Crippen LogP contribution < -0.4 is 4.57 Å². The van der Waals surface area contributed by atoms with Crippen LogP contribution in [0.3, 0.4) is 0 Å². The molecule has 0 saturated heterocycles. The molecule has 2 nitrogen and oxygen atoms in total. The summed E-state index contributed by atoms with van der Waals surface area (Å²) in [6.45, 7) is 5.78. The summed E-state index contributed by atoms with van der Waals surface area (Å²) in [7, 11) is 0. The number of para-hydroxylation sites is 1. The SMILES string of the molecule is CCCCCCCCCCCCCCCc1n(-c2ccccc2)cc[n+]1CCCCCCCCCCCCCCC. The molecule has 0 spiro atoms. The number of rotatable bonds is 29. The first-order valence-corrected chi connectivity index (χ1v) is 18.5. The molecule has 0 fully saturated rings. The second kappa shape index (κ2) is 26.1. The molecule has 0 aliphatic heterocycles. The number of benzene rings is 1. The molecule has 1 heterocycles. The molecular formula is C39H69N2+. The fourth-order valence-corrected chi connectivity index (χ4v) is 6.35. The largest absolute Gasteiger partial charge is 0.261 e. The molecule has 41 heavy (non-hydrogen) atoms. The van der Waals surface area contributed by atoms with E-state index in [0.29, 0.717) is 0 Å². The fourth-order valence-electron chi connectivity index (χ4n) is 6.35. The molecule has 2 rings (SSSR count). The predicted octanol–water partition coefficient (Wildman–Crippen LogP) is 12.5. The summed E-state index contributed by atoms with van der Waals surface area (Å²) in [6.07, 6.45) is 42.8. The van der Waals surface area contributed by atoms with Crippen molar-refractivity contribution < 1.29 is 4.57 Å². The highest BCUT2D eigenvalue weighted by atomic mass is 15.1. The van der Waals surface area contributed by atoms with Gasteiger partial charge >= 0.3 is 0 Å². The van der Waals surface area contributed by atoms with Gasteiger partial charge in [0.15, 0.2) is 0 Å². The van der Waals surface area contributed by atoms with Gasteiger partial charge in [0.2, 0.25) is 0 Å². The lowest BCUT2D eigenvalue weighted by Gasteiger charge is -2.07. The van der Waals surface area contributed by atoms with Crippen molar-refractivity contribution in [2.75, 3.05) is 0 Å². The van der Waals surface area contributed by atoms with Gasteiger partial charge in [-0.1, -0.05) is 180 Å². The molecule has 0 amide bonds. The molecule has 0 unspecified atom stereocenters. The van der Waals surface area contributed by atoms with Gasteiger partial charge in [-0.05, 0) is 31.4 Å². The summed E-state index contributed by atoms with van der Waals surface area (Å²) in [5.41, 5.74) is 1.31. The first kappa shape index (κ1) is 35.6. The predicted molar refractivity (Wildman–Crippen MR) is 181 cm³/mol. The number of aryl methyl sites for hydroxylation is 1. The molecular weight excluding hydrogens is 496 g/mol. The molecule has 0 aliphatic carbocycles. The van der Waals surface area contributed by atoms with Gasteiger partial charge in [0, 0.05) is 6.42 Å². The summed E-state index contributed by atoms with van der Waals surface area (Å²) < 4.78 is 5.01. The van der Waals surface area contributed by atoms with Crippen molar-refractivity contribution in [3.05, 3.63) is 48.5 Å². The summed E-state index contributed by atoms with van der Waals surface area (Å²) in [6, 6.07) is 11.0. The summed E-state index contributed by atoms with van der Waals surface area (Å²) in [5.74, 6) is 1.50. The van der Waals surface area contributed by atoms with E-state index in [-0.39, 0.29) is 0 Å². The number of unbranched alkanes of at least 4 members (excludes halogenated alkanes) is 24. The van der Waals surface area contributed by atoms with Crippen LogP contribution in [0.15, 0.2) is 42.7 Å². The van der Waals surface area contributed by atoms with Gasteiger partial charge < -0.3 is 0 Å². The zero-order valence-corrected chi connectivity index (χ0v) is 27.7. The van der Waals surface area contributed by atoms with Crippen molar-refractivity contribution in [1.29, 1.82) is 0 Å². The van der Waals surface area contributed by atoms with Crippen LogP contribution in [0.5, 0.6) is 0 Å². The highest BCUT2D eigenvalue weighted by Crippen LogP contribution is 2.16. The van der Waals surface area contributed by atoms with E-state index >= 15 is 0 Å². The van der Waals surface area contributed by atoms with E-state index in [9.17, 15) is 0 Å². The Morgan fingerprint density at radius 3 is 1.29 bits per heavy atom. The van der Waals surface area contributed by atoms with Crippen LogP contribution in [0, 0.1) is 0 Å². The second-order valence-corrected chi connectivity index (χ2v) is 12.8. The Morgan fingerprint density at radius 2 is 0.854 bits per heavy atom. The van der Waals surface area contributed by atoms with E-state index in [2.05, 4.69) is 65.7 Å². The van der Waals surface area contributed by atoms with Crippen molar-refractivity contribution >= 4 is 0 Å². The molecule has 234 valence electrons. The first-order chi connectivity index (χ1) is 20.4. The van der Waals surface area contributed by atoms with Gasteiger partial charge in [-0.2, -0.15) is 4.57 Å². The van der Waals surface area contributed by atoms with E-state index in [1.165, 1.54) is 191 Å². The molecule has 0 aliphatic rings. The Balaban J connectivity index is 1.60. The lowest BCUT2D eigenvalue weighted by atomic mass is 10.0. The average Bonchev–Trinajstić information content (AvgIpc) is 3.40. The second-order valence-electron chi connectivity index (χ2n) is 12.8. The van der Waals surface area contributed by atoms with Gasteiger partial charge in [0.05, 0.1) is 6.54 Å². The highest BCUT2D eigenvalue weighted by Gasteiger charge is 2.18. The maximum Gasteiger partial charge on any atom is 0.261 e. The Hall–Kier alpha value is -1.57. The van der Waals surface area contributed by atoms with Crippen LogP contribution in [0.25, 0.3) is 5.69 Å². The van der Waals surface area contributed by atoms with Gasteiger partial charge in [0.25, 0.3) is 5.82 Å². The van der Waals surface area contributed by atoms with Gasteiger partial charge in [-0.15, -0.1) is 0 Å². The molecule has 0 saturated carbocycles. The van der Waals surface area contributed by atoms with E-state index in [4.69, 9.17) is 0 Å². The molecule has 1 aromatic heterocycles. The zero-order valence-electron chi connectivity index (χ0n) is 27.7. The van der Waals surface area contributed by atoms with Crippen molar-refractivity contribution in [1.82, 2.24) is 4.57 Å². The number of nitrogens with zero attached hydrogens (tertiary/aromatic N) is 2. The summed E-state index contributed by atoms with van der Waals surface area (Å²) in [5, 5.41) is 0. The Morgan fingerprint density at radius 1 is 0.463 bits per heavy atom. The number of imidazole rings is 1. The minimum Gasteiger partial charge on any atom is -0.234 e. The normalized spacial score (nSPS) is 11.5. The molecule has 0 atom stereocenters. The topological polar surface area (TPSA) is 8.81 Å². The van der Waals surface area contributed by atoms with Crippen LogP contribution in [-0.4, -0.2) is 4.57 Å². The molecule has 1 aromatic carbocycles. The fraction of sp³-hybridized carbons (Fsp3) is 0.769. The quantitative estimate of drug-likeness (QED) is 0.0685. The van der Waals surface area contributed by atoms with Gasteiger partial charge in [-0.25, -0.2) is 4.57 Å². The van der Waals surface area contributed by atoms with Crippen LogP contribution in [0.2, 0.25) is 0 Å². The molecule has 2 aromatic rings. The third kappa shape index (κ3) is 17.9. The molecule has 2 heteroatoms. The van der Waals surface area contributed by atoms with E-state index in [0.717, 1.165) is 0 Å². The molecule has 0 N–H and O–H groups in total. The third-order valence-corrected chi connectivity index (χ3v) is 9.05. The van der Waals surface area contributed by atoms with Crippen molar-refractivity contribution in [3.8, 4) is 5.69 Å². The Labute approximate surface area is 256 Å². The van der Waals surface area contributed by atoms with E-state index < -0.39 is 0 Å². The average molecular weight is 566 g/mol. The van der Waals surface area contributed by atoms with Gasteiger partial charge in [0.1, 0.15) is 18.1 Å².